The summed E-state index contributed by atoms with van der Waals surface area (Å²) in [5.41, 5.74) is 0.418. The first kappa shape index (κ1) is 9.90. The van der Waals surface area contributed by atoms with E-state index in [0.717, 1.165) is 0 Å². The third-order valence-electron chi connectivity index (χ3n) is 1.65. The maximum absolute atomic E-state index is 13.0. The van der Waals surface area contributed by atoms with Gasteiger partial charge in [-0.3, -0.25) is 0 Å². The Morgan fingerprint density at radius 2 is 1.71 bits per heavy atom. The number of pyridine rings is 2. The molecule has 0 radical (unpaired) electrons. The van der Waals surface area contributed by atoms with Crippen LogP contribution in [-0.2, 0) is 0 Å². The number of fused-ring (bicyclic) bond motifs is 1. The molecule has 0 saturated heterocycles. The normalized spacial score (nSPS) is 10.9. The molecule has 6 heteroatoms. The molecule has 0 aliphatic heterocycles. The van der Waals surface area contributed by atoms with Crippen LogP contribution in [-0.4, -0.2) is 9.97 Å². The van der Waals surface area contributed by atoms with E-state index in [4.69, 9.17) is 34.8 Å². The molecule has 72 valence electrons. The van der Waals surface area contributed by atoms with Gasteiger partial charge in [0.1, 0.15) is 10.3 Å². The van der Waals surface area contributed by atoms with Crippen molar-refractivity contribution in [3.63, 3.8) is 0 Å². The van der Waals surface area contributed by atoms with Gasteiger partial charge in [-0.05, 0) is 6.07 Å². The maximum Gasteiger partial charge on any atom is 0.165 e. The van der Waals surface area contributed by atoms with Crippen molar-refractivity contribution in [1.29, 1.82) is 0 Å². The van der Waals surface area contributed by atoms with Crippen LogP contribution in [0.3, 0.4) is 0 Å². The van der Waals surface area contributed by atoms with E-state index in [-0.39, 0.29) is 15.5 Å². The van der Waals surface area contributed by atoms with Crippen molar-refractivity contribution in [2.24, 2.45) is 0 Å². The molecule has 0 fully saturated rings. The molecule has 0 amide bonds. The molecular formula is C8H2Cl3FN2. The zero-order valence-corrected chi connectivity index (χ0v) is 8.83. The fourth-order valence-corrected chi connectivity index (χ4v) is 1.67. The van der Waals surface area contributed by atoms with Gasteiger partial charge in [-0.15, -0.1) is 0 Å². The SMILES string of the molecule is Fc1cc2c(Cl)nc(Cl)cc2nc1Cl. The van der Waals surface area contributed by atoms with E-state index in [2.05, 4.69) is 9.97 Å². The summed E-state index contributed by atoms with van der Waals surface area (Å²) in [5.74, 6) is -0.634. The summed E-state index contributed by atoms with van der Waals surface area (Å²) in [7, 11) is 0. The second-order valence-corrected chi connectivity index (χ2v) is 3.67. The van der Waals surface area contributed by atoms with Crippen LogP contribution in [0.4, 0.5) is 4.39 Å². The van der Waals surface area contributed by atoms with Crippen LogP contribution in [0.15, 0.2) is 12.1 Å². The van der Waals surface area contributed by atoms with E-state index in [1.54, 1.807) is 0 Å². The van der Waals surface area contributed by atoms with Gasteiger partial charge in [0.05, 0.1) is 5.52 Å². The average Bonchev–Trinajstić information content (AvgIpc) is 2.08. The summed E-state index contributed by atoms with van der Waals surface area (Å²) in [4.78, 5) is 7.53. The Morgan fingerprint density at radius 3 is 2.43 bits per heavy atom. The quantitative estimate of drug-likeness (QED) is 0.667. The number of hydrogen-bond acceptors (Lipinski definition) is 2. The van der Waals surface area contributed by atoms with E-state index < -0.39 is 5.82 Å². The molecule has 0 unspecified atom stereocenters. The lowest BCUT2D eigenvalue weighted by atomic mass is 10.3. The molecule has 2 heterocycles. The molecule has 2 aromatic heterocycles. The summed E-state index contributed by atoms with van der Waals surface area (Å²) in [5, 5.41) is 0.474. The topological polar surface area (TPSA) is 25.8 Å². The first-order valence-electron chi connectivity index (χ1n) is 3.56. The molecule has 0 N–H and O–H groups in total. The lowest BCUT2D eigenvalue weighted by molar-refractivity contribution is 0.624. The van der Waals surface area contributed by atoms with Gasteiger partial charge in [0.25, 0.3) is 0 Å². The van der Waals surface area contributed by atoms with E-state index in [9.17, 15) is 4.39 Å². The Morgan fingerprint density at radius 1 is 1.00 bits per heavy atom. The highest BCUT2D eigenvalue weighted by atomic mass is 35.5. The van der Waals surface area contributed by atoms with Crippen LogP contribution in [0.5, 0.6) is 0 Å². The molecule has 0 aliphatic rings. The second-order valence-electron chi connectivity index (χ2n) is 2.56. The molecule has 0 aromatic carbocycles. The van der Waals surface area contributed by atoms with Crippen LogP contribution in [0.2, 0.25) is 15.5 Å². The molecule has 0 bridgehead atoms. The van der Waals surface area contributed by atoms with Crippen molar-refractivity contribution in [2.75, 3.05) is 0 Å². The van der Waals surface area contributed by atoms with Gasteiger partial charge in [0.15, 0.2) is 11.0 Å². The minimum atomic E-state index is -0.634. The first-order valence-corrected chi connectivity index (χ1v) is 4.69. The van der Waals surface area contributed by atoms with E-state index in [1.807, 2.05) is 0 Å². The molecule has 0 aliphatic carbocycles. The molecule has 0 saturated carbocycles. The third kappa shape index (κ3) is 1.63. The monoisotopic (exact) mass is 250 g/mol. The smallest absolute Gasteiger partial charge is 0.165 e. The summed E-state index contributed by atoms with van der Waals surface area (Å²) in [6, 6.07) is 2.64. The zero-order valence-electron chi connectivity index (χ0n) is 6.56. The largest absolute Gasteiger partial charge is 0.233 e. The molecule has 0 spiro atoms. The van der Waals surface area contributed by atoms with E-state index in [1.165, 1.54) is 12.1 Å². The van der Waals surface area contributed by atoms with Gasteiger partial charge in [0, 0.05) is 11.5 Å². The average molecular weight is 251 g/mol. The summed E-state index contributed by atoms with van der Waals surface area (Å²) in [6.07, 6.45) is 0. The van der Waals surface area contributed by atoms with Crippen molar-refractivity contribution in [1.82, 2.24) is 9.97 Å². The summed E-state index contributed by atoms with van der Waals surface area (Å²) < 4.78 is 13.0. The van der Waals surface area contributed by atoms with Crippen LogP contribution in [0, 0.1) is 5.82 Å². The Hall–Kier alpha value is -0.640. The van der Waals surface area contributed by atoms with Crippen molar-refractivity contribution in [3.05, 3.63) is 33.4 Å². The van der Waals surface area contributed by atoms with Gasteiger partial charge < -0.3 is 0 Å². The van der Waals surface area contributed by atoms with Gasteiger partial charge in [-0.25, -0.2) is 14.4 Å². The highest BCUT2D eigenvalue weighted by molar-refractivity contribution is 6.36. The predicted molar refractivity (Wildman–Crippen MR) is 54.5 cm³/mol. The third-order valence-corrected chi connectivity index (χ3v) is 2.39. The summed E-state index contributed by atoms with van der Waals surface area (Å²) in [6.45, 7) is 0. The highest BCUT2D eigenvalue weighted by Gasteiger charge is 2.08. The first-order chi connectivity index (χ1) is 6.58. The minimum Gasteiger partial charge on any atom is -0.233 e. The van der Waals surface area contributed by atoms with E-state index in [0.29, 0.717) is 10.9 Å². The summed E-state index contributed by atoms with van der Waals surface area (Å²) >= 11 is 16.9. The Kier molecular flexibility index (Phi) is 2.47. The molecule has 14 heavy (non-hydrogen) atoms. The Balaban J connectivity index is 2.89. The Labute approximate surface area is 93.6 Å². The fourth-order valence-electron chi connectivity index (χ4n) is 1.05. The maximum atomic E-state index is 13.0. The predicted octanol–water partition coefficient (Wildman–Crippen LogP) is 3.73. The second kappa shape index (κ2) is 3.50. The molecule has 2 aromatic rings. The van der Waals surface area contributed by atoms with Gasteiger partial charge in [-0.1, -0.05) is 34.8 Å². The lowest BCUT2D eigenvalue weighted by Crippen LogP contribution is -1.88. The van der Waals surface area contributed by atoms with Crippen molar-refractivity contribution >= 4 is 45.7 Å². The molecule has 0 atom stereocenters. The lowest BCUT2D eigenvalue weighted by Gasteiger charge is -2.01. The van der Waals surface area contributed by atoms with Crippen LogP contribution >= 0.6 is 34.8 Å². The highest BCUT2D eigenvalue weighted by Crippen LogP contribution is 2.26. The molecule has 2 rings (SSSR count). The number of halogens is 4. The van der Waals surface area contributed by atoms with Gasteiger partial charge in [0.2, 0.25) is 0 Å². The van der Waals surface area contributed by atoms with Crippen molar-refractivity contribution < 1.29 is 4.39 Å². The molecule has 2 nitrogen and oxygen atoms in total. The number of aromatic nitrogens is 2. The van der Waals surface area contributed by atoms with E-state index >= 15 is 0 Å². The van der Waals surface area contributed by atoms with Crippen molar-refractivity contribution in [2.45, 2.75) is 0 Å². The number of hydrogen-bond donors (Lipinski definition) is 0. The van der Waals surface area contributed by atoms with Crippen LogP contribution in [0.25, 0.3) is 10.9 Å². The molecular weight excluding hydrogens is 249 g/mol. The minimum absolute atomic E-state index is 0.107. The fraction of sp³-hybridized carbons (Fsp3) is 0. The van der Waals surface area contributed by atoms with Gasteiger partial charge >= 0.3 is 0 Å². The van der Waals surface area contributed by atoms with Crippen molar-refractivity contribution in [3.8, 4) is 0 Å². The number of nitrogens with zero attached hydrogens (tertiary/aromatic N) is 2. The van der Waals surface area contributed by atoms with Crippen LogP contribution < -0.4 is 0 Å². The van der Waals surface area contributed by atoms with Gasteiger partial charge in [-0.2, -0.15) is 0 Å². The Bertz CT molecular complexity index is 515. The number of rotatable bonds is 0. The van der Waals surface area contributed by atoms with Crippen LogP contribution in [0.1, 0.15) is 0 Å². The standard InChI is InChI=1S/C8H2Cl3FN2/c9-6-2-5-3(7(10)14-6)1-4(12)8(11)13-5/h1-2H. The zero-order chi connectivity index (χ0) is 10.3.